The third-order valence-corrected chi connectivity index (χ3v) is 4.92. The molecule has 0 bridgehead atoms. The van der Waals surface area contributed by atoms with Crippen molar-refractivity contribution in [3.8, 4) is 11.5 Å². The highest BCUT2D eigenvalue weighted by Gasteiger charge is 2.29. The molecule has 7 heteroatoms. The second kappa shape index (κ2) is 12.0. The molecule has 0 radical (unpaired) electrons. The van der Waals surface area contributed by atoms with Gasteiger partial charge in [-0.2, -0.15) is 0 Å². The number of para-hydroxylation sites is 1. The molecule has 2 aromatic carbocycles. The summed E-state index contributed by atoms with van der Waals surface area (Å²) in [6.45, 7) is 7.63. The maximum atomic E-state index is 12.6. The number of nitrogens with one attached hydrogen (secondary N) is 2. The summed E-state index contributed by atoms with van der Waals surface area (Å²) in [5.41, 5.74) is 0.0478. The maximum Gasteiger partial charge on any atom is 0.328 e. The van der Waals surface area contributed by atoms with Crippen LogP contribution in [0.4, 0.5) is 5.69 Å². The number of benzene rings is 2. The summed E-state index contributed by atoms with van der Waals surface area (Å²) in [6, 6.07) is 15.8. The topological polar surface area (TPSA) is 93.7 Å². The number of anilines is 1. The van der Waals surface area contributed by atoms with Crippen LogP contribution in [0, 0.1) is 11.3 Å². The van der Waals surface area contributed by atoms with Gasteiger partial charge < -0.3 is 20.1 Å². The van der Waals surface area contributed by atoms with Crippen molar-refractivity contribution in [1.82, 2.24) is 5.32 Å². The number of esters is 1. The molecule has 0 aliphatic rings. The second-order valence-corrected chi connectivity index (χ2v) is 9.28. The van der Waals surface area contributed by atoms with Crippen molar-refractivity contribution in [2.45, 2.75) is 53.0 Å². The lowest BCUT2D eigenvalue weighted by molar-refractivity contribution is -0.145. The Morgan fingerprint density at radius 2 is 1.45 bits per heavy atom. The Morgan fingerprint density at radius 1 is 0.879 bits per heavy atom. The standard InChI is InChI=1S/C26H34N2O5/c1-18(2)15-22(25(31)32-5)28-24(30)17-26(3,4)16-23(29)27-19-11-13-21(14-12-19)33-20-9-7-6-8-10-20/h6-14,18,22H,15-17H2,1-5H3,(H,27,29)(H,28,30). The fraction of sp³-hybridized carbons (Fsp3) is 0.423. The van der Waals surface area contributed by atoms with Crippen molar-refractivity contribution in [2.24, 2.45) is 11.3 Å². The van der Waals surface area contributed by atoms with E-state index in [1.807, 2.05) is 58.0 Å². The summed E-state index contributed by atoms with van der Waals surface area (Å²) in [7, 11) is 1.30. The highest BCUT2D eigenvalue weighted by Crippen LogP contribution is 2.27. The fourth-order valence-electron chi connectivity index (χ4n) is 3.44. The van der Waals surface area contributed by atoms with Gasteiger partial charge in [-0.05, 0) is 54.2 Å². The zero-order valence-corrected chi connectivity index (χ0v) is 20.0. The van der Waals surface area contributed by atoms with Gasteiger partial charge >= 0.3 is 5.97 Å². The number of carbonyl (C=O) groups excluding carboxylic acids is 3. The third kappa shape index (κ3) is 9.35. The van der Waals surface area contributed by atoms with Crippen LogP contribution < -0.4 is 15.4 Å². The largest absolute Gasteiger partial charge is 0.467 e. The Bertz CT molecular complexity index is 923. The molecule has 0 aliphatic heterocycles. The zero-order valence-electron chi connectivity index (χ0n) is 20.0. The van der Waals surface area contributed by atoms with Gasteiger partial charge in [0.25, 0.3) is 0 Å². The Kier molecular flexibility index (Phi) is 9.45. The quantitative estimate of drug-likeness (QED) is 0.470. The molecule has 2 aromatic rings. The summed E-state index contributed by atoms with van der Waals surface area (Å²) in [5.74, 6) is 0.669. The van der Waals surface area contributed by atoms with E-state index in [4.69, 9.17) is 9.47 Å². The lowest BCUT2D eigenvalue weighted by atomic mass is 9.84. The molecule has 0 heterocycles. The third-order valence-electron chi connectivity index (χ3n) is 4.92. The predicted octanol–water partition coefficient (Wildman–Crippen LogP) is 4.93. The van der Waals surface area contributed by atoms with Crippen LogP contribution in [0.1, 0.15) is 47.0 Å². The minimum atomic E-state index is -0.691. The van der Waals surface area contributed by atoms with Crippen molar-refractivity contribution in [1.29, 1.82) is 0 Å². The maximum absolute atomic E-state index is 12.6. The van der Waals surface area contributed by atoms with Crippen LogP contribution in [0.5, 0.6) is 11.5 Å². The average molecular weight is 455 g/mol. The Labute approximate surface area is 195 Å². The molecular formula is C26H34N2O5. The minimum absolute atomic E-state index is 0.107. The normalized spacial score (nSPS) is 12.1. The average Bonchev–Trinajstić information content (AvgIpc) is 2.73. The molecule has 0 fully saturated rings. The van der Waals surface area contributed by atoms with E-state index in [2.05, 4.69) is 10.6 Å². The van der Waals surface area contributed by atoms with E-state index in [0.717, 1.165) is 5.75 Å². The minimum Gasteiger partial charge on any atom is -0.467 e. The van der Waals surface area contributed by atoms with Crippen molar-refractivity contribution >= 4 is 23.5 Å². The van der Waals surface area contributed by atoms with Gasteiger partial charge in [0.2, 0.25) is 11.8 Å². The number of rotatable bonds is 11. The molecular weight excluding hydrogens is 420 g/mol. The summed E-state index contributed by atoms with van der Waals surface area (Å²) >= 11 is 0. The fourth-order valence-corrected chi connectivity index (χ4v) is 3.44. The first-order valence-electron chi connectivity index (χ1n) is 11.1. The highest BCUT2D eigenvalue weighted by atomic mass is 16.5. The number of ether oxygens (including phenoxy) is 2. The number of hydrogen-bond donors (Lipinski definition) is 2. The summed E-state index contributed by atoms with van der Waals surface area (Å²) in [4.78, 5) is 37.0. The van der Waals surface area contributed by atoms with Crippen LogP contribution >= 0.6 is 0 Å². The molecule has 178 valence electrons. The summed E-state index contributed by atoms with van der Waals surface area (Å²) < 4.78 is 10.5. The Balaban J connectivity index is 1.87. The Morgan fingerprint density at radius 3 is 2.03 bits per heavy atom. The van der Waals surface area contributed by atoms with E-state index in [1.165, 1.54) is 7.11 Å². The molecule has 2 amide bonds. The molecule has 1 atom stereocenters. The monoisotopic (exact) mass is 454 g/mol. The van der Waals surface area contributed by atoms with Gasteiger partial charge in [0.15, 0.2) is 0 Å². The molecule has 0 saturated carbocycles. The van der Waals surface area contributed by atoms with Gasteiger partial charge in [0, 0.05) is 18.5 Å². The molecule has 1 unspecified atom stereocenters. The molecule has 7 nitrogen and oxygen atoms in total. The van der Waals surface area contributed by atoms with E-state index in [-0.39, 0.29) is 30.6 Å². The number of hydrogen-bond acceptors (Lipinski definition) is 5. The van der Waals surface area contributed by atoms with Crippen LogP contribution in [0.25, 0.3) is 0 Å². The molecule has 33 heavy (non-hydrogen) atoms. The van der Waals surface area contributed by atoms with Gasteiger partial charge in [-0.1, -0.05) is 45.9 Å². The first kappa shape index (κ1) is 25.9. The molecule has 0 spiro atoms. The zero-order chi connectivity index (χ0) is 24.4. The number of methoxy groups -OCH3 is 1. The summed E-state index contributed by atoms with van der Waals surface area (Å²) in [6.07, 6.45) is 0.745. The van der Waals surface area contributed by atoms with E-state index in [9.17, 15) is 14.4 Å². The number of carbonyl (C=O) groups is 3. The second-order valence-electron chi connectivity index (χ2n) is 9.28. The highest BCUT2D eigenvalue weighted by molar-refractivity contribution is 5.92. The SMILES string of the molecule is COC(=O)C(CC(C)C)NC(=O)CC(C)(C)CC(=O)Nc1ccc(Oc2ccccc2)cc1. The van der Waals surface area contributed by atoms with Crippen molar-refractivity contribution in [3.63, 3.8) is 0 Å². The smallest absolute Gasteiger partial charge is 0.328 e. The van der Waals surface area contributed by atoms with E-state index < -0.39 is 17.4 Å². The van der Waals surface area contributed by atoms with Gasteiger partial charge in [0.1, 0.15) is 17.5 Å². The van der Waals surface area contributed by atoms with E-state index >= 15 is 0 Å². The number of amides is 2. The molecule has 2 rings (SSSR count). The van der Waals surface area contributed by atoms with Crippen LogP contribution in [-0.4, -0.2) is 30.9 Å². The summed E-state index contributed by atoms with van der Waals surface area (Å²) in [5, 5.41) is 5.60. The van der Waals surface area contributed by atoms with Gasteiger partial charge in [-0.15, -0.1) is 0 Å². The van der Waals surface area contributed by atoms with Crippen LogP contribution in [0.2, 0.25) is 0 Å². The first-order chi connectivity index (χ1) is 15.6. The van der Waals surface area contributed by atoms with E-state index in [1.54, 1.807) is 24.3 Å². The van der Waals surface area contributed by atoms with Gasteiger partial charge in [0.05, 0.1) is 7.11 Å². The van der Waals surface area contributed by atoms with Crippen molar-refractivity contribution in [3.05, 3.63) is 54.6 Å². The first-order valence-corrected chi connectivity index (χ1v) is 11.1. The lowest BCUT2D eigenvalue weighted by Gasteiger charge is -2.25. The van der Waals surface area contributed by atoms with E-state index in [0.29, 0.717) is 17.9 Å². The Hall–Kier alpha value is -3.35. The van der Waals surface area contributed by atoms with Crippen molar-refractivity contribution < 1.29 is 23.9 Å². The van der Waals surface area contributed by atoms with Crippen LogP contribution in [0.15, 0.2) is 54.6 Å². The van der Waals surface area contributed by atoms with Crippen molar-refractivity contribution in [2.75, 3.05) is 12.4 Å². The predicted molar refractivity (Wildman–Crippen MR) is 128 cm³/mol. The molecule has 2 N–H and O–H groups in total. The molecule has 0 saturated heterocycles. The van der Waals surface area contributed by atoms with Gasteiger partial charge in [-0.3, -0.25) is 9.59 Å². The van der Waals surface area contributed by atoms with Crippen LogP contribution in [0.3, 0.4) is 0 Å². The van der Waals surface area contributed by atoms with Gasteiger partial charge in [-0.25, -0.2) is 4.79 Å². The van der Waals surface area contributed by atoms with Crippen LogP contribution in [-0.2, 0) is 19.1 Å². The molecule has 0 aliphatic carbocycles. The lowest BCUT2D eigenvalue weighted by Crippen LogP contribution is -2.43. The molecule has 0 aromatic heterocycles.